The molecule has 1 aromatic heterocycles. The zero-order chi connectivity index (χ0) is 22.9. The number of hydrogen-bond acceptors (Lipinski definition) is 6. The summed E-state index contributed by atoms with van der Waals surface area (Å²) in [7, 11) is 0. The van der Waals surface area contributed by atoms with Gasteiger partial charge in [-0.25, -0.2) is 9.59 Å². The lowest BCUT2D eigenvalue weighted by Gasteiger charge is -2.11. The number of fused-ring (bicyclic) bond motifs is 1. The predicted octanol–water partition coefficient (Wildman–Crippen LogP) is 1.99. The highest BCUT2D eigenvalue weighted by Crippen LogP contribution is 2.22. The van der Waals surface area contributed by atoms with Gasteiger partial charge in [-0.05, 0) is 25.1 Å². The Hall–Kier alpha value is -2.57. The zero-order valence-electron chi connectivity index (χ0n) is 16.0. The summed E-state index contributed by atoms with van der Waals surface area (Å²) in [6.07, 6.45) is -3.67. The summed E-state index contributed by atoms with van der Waals surface area (Å²) < 4.78 is 33.5. The fourth-order valence-corrected chi connectivity index (χ4v) is 3.20. The van der Waals surface area contributed by atoms with Crippen molar-refractivity contribution < 1.29 is 33.0 Å². The van der Waals surface area contributed by atoms with Crippen molar-refractivity contribution in [2.75, 3.05) is 25.4 Å². The third kappa shape index (κ3) is 7.35. The van der Waals surface area contributed by atoms with E-state index < -0.39 is 23.5 Å². The molecule has 0 unspecified atom stereocenters. The standard InChI is InChI=1S/C16H21N3O3S.C2HF3O2/c1-2-19-10-13(16(21)22)15(20)12-9-11(3-4-14(12)19)23-8-7-18-6-5-17;3-2(4,5)1(6)7/h3-4,9-10,18H,2,5-8,17H2,1H3,(H,21,22);(H,6,7). The number of aryl methyl sites for hydroxylation is 1. The van der Waals surface area contributed by atoms with E-state index >= 15 is 0 Å². The number of nitrogens with one attached hydrogen (secondary N) is 1. The second kappa shape index (κ2) is 11.6. The van der Waals surface area contributed by atoms with Gasteiger partial charge in [-0.15, -0.1) is 11.8 Å². The number of hydrogen-bond donors (Lipinski definition) is 4. The molecule has 0 saturated heterocycles. The van der Waals surface area contributed by atoms with Crippen molar-refractivity contribution >= 4 is 34.6 Å². The van der Waals surface area contributed by atoms with Gasteiger partial charge in [0.2, 0.25) is 5.43 Å². The lowest BCUT2D eigenvalue weighted by atomic mass is 10.1. The number of nitrogens with zero attached hydrogens (tertiary/aromatic N) is 1. The number of aromatic nitrogens is 1. The minimum atomic E-state index is -5.08. The van der Waals surface area contributed by atoms with Gasteiger partial charge in [0.05, 0.1) is 5.52 Å². The van der Waals surface area contributed by atoms with Crippen LogP contribution in [0.3, 0.4) is 0 Å². The van der Waals surface area contributed by atoms with Gasteiger partial charge in [0.15, 0.2) is 0 Å². The van der Waals surface area contributed by atoms with Crippen LogP contribution in [0.1, 0.15) is 17.3 Å². The minimum absolute atomic E-state index is 0.189. The molecule has 5 N–H and O–H groups in total. The van der Waals surface area contributed by atoms with Crippen LogP contribution in [-0.4, -0.2) is 58.3 Å². The molecule has 1 aromatic carbocycles. The van der Waals surface area contributed by atoms with Crippen LogP contribution in [0.25, 0.3) is 10.9 Å². The molecule has 0 aliphatic carbocycles. The quantitative estimate of drug-likeness (QED) is 0.355. The SMILES string of the molecule is CCn1cc(C(=O)O)c(=O)c2cc(SCCNCCN)ccc21.O=C(O)C(F)(F)F. The summed E-state index contributed by atoms with van der Waals surface area (Å²) in [5.41, 5.74) is 5.55. The van der Waals surface area contributed by atoms with Crippen LogP contribution >= 0.6 is 11.8 Å². The molecular formula is C18H22F3N3O5S. The number of alkyl halides is 3. The van der Waals surface area contributed by atoms with Crippen LogP contribution in [-0.2, 0) is 11.3 Å². The number of pyridine rings is 1. The van der Waals surface area contributed by atoms with Crippen molar-refractivity contribution in [1.29, 1.82) is 0 Å². The van der Waals surface area contributed by atoms with E-state index in [-0.39, 0.29) is 5.56 Å². The summed E-state index contributed by atoms with van der Waals surface area (Å²) >= 11 is 1.62. The molecule has 0 aliphatic rings. The lowest BCUT2D eigenvalue weighted by Crippen LogP contribution is -2.24. The normalized spacial score (nSPS) is 11.1. The highest BCUT2D eigenvalue weighted by atomic mass is 32.2. The topological polar surface area (TPSA) is 135 Å². The number of rotatable bonds is 8. The van der Waals surface area contributed by atoms with Crippen molar-refractivity contribution in [1.82, 2.24) is 9.88 Å². The molecule has 0 bridgehead atoms. The van der Waals surface area contributed by atoms with E-state index in [0.29, 0.717) is 18.5 Å². The van der Waals surface area contributed by atoms with Gasteiger partial charge in [0.25, 0.3) is 0 Å². The number of thioether (sulfide) groups is 1. The van der Waals surface area contributed by atoms with Crippen molar-refractivity contribution in [2.24, 2.45) is 5.73 Å². The second-order valence-corrected chi connectivity index (χ2v) is 7.00. The lowest BCUT2D eigenvalue weighted by molar-refractivity contribution is -0.192. The number of carboxylic acids is 2. The van der Waals surface area contributed by atoms with Crippen LogP contribution in [0, 0.1) is 0 Å². The van der Waals surface area contributed by atoms with Crippen LogP contribution in [0.2, 0.25) is 0 Å². The Bertz CT molecular complexity index is 947. The highest BCUT2D eigenvalue weighted by molar-refractivity contribution is 7.99. The number of aromatic carboxylic acids is 1. The number of nitrogens with two attached hydrogens (primary N) is 1. The highest BCUT2D eigenvalue weighted by Gasteiger charge is 2.38. The monoisotopic (exact) mass is 449 g/mol. The molecule has 166 valence electrons. The summed E-state index contributed by atoms with van der Waals surface area (Å²) in [4.78, 5) is 33.5. The molecule has 8 nitrogen and oxygen atoms in total. The molecule has 2 aromatic rings. The van der Waals surface area contributed by atoms with E-state index in [1.165, 1.54) is 6.20 Å². The van der Waals surface area contributed by atoms with Crippen molar-refractivity contribution in [2.45, 2.75) is 24.5 Å². The first-order chi connectivity index (χ1) is 14.0. The molecule has 1 heterocycles. The first kappa shape index (κ1) is 25.5. The van der Waals surface area contributed by atoms with Crippen molar-refractivity contribution in [3.05, 3.63) is 40.2 Å². The Morgan fingerprint density at radius 3 is 2.37 bits per heavy atom. The molecule has 12 heteroatoms. The van der Waals surface area contributed by atoms with Gasteiger partial charge < -0.3 is 25.8 Å². The summed E-state index contributed by atoms with van der Waals surface area (Å²) in [6, 6.07) is 5.62. The zero-order valence-corrected chi connectivity index (χ0v) is 16.8. The van der Waals surface area contributed by atoms with Gasteiger partial charge >= 0.3 is 18.1 Å². The van der Waals surface area contributed by atoms with E-state index in [4.69, 9.17) is 15.6 Å². The van der Waals surface area contributed by atoms with Gasteiger partial charge in [0, 0.05) is 48.4 Å². The average Bonchev–Trinajstić information content (AvgIpc) is 2.68. The molecule has 0 spiro atoms. The van der Waals surface area contributed by atoms with E-state index in [1.807, 2.05) is 19.1 Å². The molecular weight excluding hydrogens is 427 g/mol. The fraction of sp³-hybridized carbons (Fsp3) is 0.389. The van der Waals surface area contributed by atoms with E-state index in [0.717, 1.165) is 29.3 Å². The van der Waals surface area contributed by atoms with Crippen LogP contribution in [0.4, 0.5) is 13.2 Å². The van der Waals surface area contributed by atoms with Crippen LogP contribution in [0.15, 0.2) is 34.1 Å². The van der Waals surface area contributed by atoms with Gasteiger partial charge in [-0.2, -0.15) is 13.2 Å². The molecule has 0 atom stereocenters. The maximum absolute atomic E-state index is 12.4. The number of benzene rings is 1. The predicted molar refractivity (Wildman–Crippen MR) is 107 cm³/mol. The largest absolute Gasteiger partial charge is 0.490 e. The Kier molecular flexibility index (Phi) is 9.82. The number of carboxylic acid groups (broad SMARTS) is 2. The first-order valence-electron chi connectivity index (χ1n) is 8.77. The maximum Gasteiger partial charge on any atom is 0.490 e. The second-order valence-electron chi connectivity index (χ2n) is 5.83. The van der Waals surface area contributed by atoms with Crippen molar-refractivity contribution in [3.8, 4) is 0 Å². The molecule has 0 aliphatic heterocycles. The molecule has 0 amide bonds. The Morgan fingerprint density at radius 1 is 1.23 bits per heavy atom. The summed E-state index contributed by atoms with van der Waals surface area (Å²) in [5.74, 6) is -3.10. The van der Waals surface area contributed by atoms with Gasteiger partial charge in [-0.1, -0.05) is 0 Å². The summed E-state index contributed by atoms with van der Waals surface area (Å²) in [5, 5.41) is 20.0. The van der Waals surface area contributed by atoms with Gasteiger partial charge in [0.1, 0.15) is 5.56 Å². The summed E-state index contributed by atoms with van der Waals surface area (Å²) in [6.45, 7) is 4.73. The molecule has 2 rings (SSSR count). The smallest absolute Gasteiger partial charge is 0.477 e. The molecule has 0 radical (unpaired) electrons. The van der Waals surface area contributed by atoms with E-state index in [2.05, 4.69) is 5.32 Å². The Balaban J connectivity index is 0.000000553. The number of aliphatic carboxylic acids is 1. The van der Waals surface area contributed by atoms with Crippen molar-refractivity contribution in [3.63, 3.8) is 0 Å². The molecule has 30 heavy (non-hydrogen) atoms. The maximum atomic E-state index is 12.4. The van der Waals surface area contributed by atoms with Gasteiger partial charge in [-0.3, -0.25) is 4.79 Å². The third-order valence-electron chi connectivity index (χ3n) is 3.73. The van der Waals surface area contributed by atoms with Crippen LogP contribution in [0.5, 0.6) is 0 Å². The number of carbonyl (C=O) groups is 2. The minimum Gasteiger partial charge on any atom is -0.477 e. The molecule has 0 fully saturated rings. The Labute approximate surface area is 173 Å². The average molecular weight is 449 g/mol. The number of halogens is 3. The van der Waals surface area contributed by atoms with E-state index in [9.17, 15) is 27.9 Å². The third-order valence-corrected chi connectivity index (χ3v) is 4.73. The van der Waals surface area contributed by atoms with E-state index in [1.54, 1.807) is 22.4 Å². The first-order valence-corrected chi connectivity index (χ1v) is 9.75. The van der Waals surface area contributed by atoms with Crippen LogP contribution < -0.4 is 16.5 Å². The Morgan fingerprint density at radius 2 is 1.87 bits per heavy atom. The fourth-order valence-electron chi connectivity index (χ4n) is 2.35. The molecule has 0 saturated carbocycles.